The van der Waals surface area contributed by atoms with Crippen molar-refractivity contribution < 1.29 is 41.0 Å². The van der Waals surface area contributed by atoms with Gasteiger partial charge in [0.25, 0.3) is 0 Å². The largest absolute Gasteiger partial charge is 0.463 e. The minimum Gasteiger partial charge on any atom is -0.463 e. The van der Waals surface area contributed by atoms with Crippen LogP contribution in [0, 0.1) is 11.6 Å². The molecule has 1 aromatic carbocycles. The predicted octanol–water partition coefficient (Wildman–Crippen LogP) is 2.94. The van der Waals surface area contributed by atoms with Gasteiger partial charge in [-0.05, 0) is 26.0 Å². The molecule has 140 valence electrons. The molecule has 0 bridgehead atoms. The second-order valence-corrected chi connectivity index (χ2v) is 4.57. The van der Waals surface area contributed by atoms with Crippen LogP contribution in [0.3, 0.4) is 0 Å². The molecule has 0 spiro atoms. The average molecular weight is 370 g/mol. The normalized spacial score (nSPS) is 13.6. The van der Waals surface area contributed by atoms with Crippen LogP contribution in [0.25, 0.3) is 0 Å². The van der Waals surface area contributed by atoms with Gasteiger partial charge in [0.2, 0.25) is 0 Å². The van der Waals surface area contributed by atoms with Gasteiger partial charge in [0.1, 0.15) is 0 Å². The van der Waals surface area contributed by atoms with E-state index in [1.54, 1.807) is 5.32 Å². The number of nitrogens with one attached hydrogen (secondary N) is 2. The predicted molar refractivity (Wildman–Crippen MR) is 75.6 cm³/mol. The van der Waals surface area contributed by atoms with E-state index in [1.807, 2.05) is 0 Å². The van der Waals surface area contributed by atoms with Crippen molar-refractivity contribution in [1.29, 1.82) is 0 Å². The minimum atomic E-state index is -5.41. The SMILES string of the molecule is CCOC(=O)N[C@](Nc1ccc(F)c(F)c1)(C(=O)OCC)C(F)(F)F. The molecule has 0 saturated carbocycles. The summed E-state index contributed by atoms with van der Waals surface area (Å²) in [6.07, 6.45) is -6.97. The van der Waals surface area contributed by atoms with Crippen molar-refractivity contribution in [2.75, 3.05) is 18.5 Å². The first-order valence-electron chi connectivity index (χ1n) is 6.99. The van der Waals surface area contributed by atoms with Crippen molar-refractivity contribution in [2.24, 2.45) is 0 Å². The molecule has 11 heteroatoms. The van der Waals surface area contributed by atoms with E-state index >= 15 is 0 Å². The number of amides is 1. The summed E-state index contributed by atoms with van der Waals surface area (Å²) in [4.78, 5) is 23.5. The van der Waals surface area contributed by atoms with Crippen LogP contribution in [-0.4, -0.2) is 37.1 Å². The van der Waals surface area contributed by atoms with Crippen LogP contribution in [0.15, 0.2) is 18.2 Å². The van der Waals surface area contributed by atoms with Gasteiger partial charge >= 0.3 is 23.9 Å². The van der Waals surface area contributed by atoms with E-state index in [1.165, 1.54) is 19.2 Å². The van der Waals surface area contributed by atoms with Crippen LogP contribution in [0.5, 0.6) is 0 Å². The maximum atomic E-state index is 13.6. The molecular weight excluding hydrogens is 355 g/mol. The fourth-order valence-corrected chi connectivity index (χ4v) is 1.74. The lowest BCUT2D eigenvalue weighted by molar-refractivity contribution is -0.205. The van der Waals surface area contributed by atoms with E-state index in [0.717, 1.165) is 6.07 Å². The number of hydrogen-bond acceptors (Lipinski definition) is 5. The molecule has 25 heavy (non-hydrogen) atoms. The lowest BCUT2D eigenvalue weighted by Crippen LogP contribution is -2.69. The molecule has 0 heterocycles. The zero-order valence-electron chi connectivity index (χ0n) is 13.2. The molecule has 1 aromatic rings. The second-order valence-electron chi connectivity index (χ2n) is 4.57. The highest BCUT2D eigenvalue weighted by atomic mass is 19.4. The number of anilines is 1. The van der Waals surface area contributed by atoms with Crippen molar-refractivity contribution in [3.63, 3.8) is 0 Å². The Labute approximate surface area is 139 Å². The monoisotopic (exact) mass is 370 g/mol. The lowest BCUT2D eigenvalue weighted by atomic mass is 10.1. The fourth-order valence-electron chi connectivity index (χ4n) is 1.74. The molecule has 0 aliphatic rings. The van der Waals surface area contributed by atoms with E-state index < -0.39 is 47.8 Å². The summed E-state index contributed by atoms with van der Waals surface area (Å²) in [6, 6.07) is 1.70. The maximum Gasteiger partial charge on any atom is 0.442 e. The van der Waals surface area contributed by atoms with Crippen molar-refractivity contribution in [3.8, 4) is 0 Å². The minimum absolute atomic E-state index is 0.270. The smallest absolute Gasteiger partial charge is 0.442 e. The Morgan fingerprint density at radius 3 is 2.12 bits per heavy atom. The molecule has 6 nitrogen and oxygen atoms in total. The number of carbonyl (C=O) groups is 2. The van der Waals surface area contributed by atoms with E-state index in [-0.39, 0.29) is 6.61 Å². The van der Waals surface area contributed by atoms with Gasteiger partial charge in [-0.3, -0.25) is 5.32 Å². The summed E-state index contributed by atoms with van der Waals surface area (Å²) in [5, 5.41) is 3.01. The van der Waals surface area contributed by atoms with Gasteiger partial charge in [0.05, 0.1) is 13.2 Å². The maximum absolute atomic E-state index is 13.6. The van der Waals surface area contributed by atoms with Crippen LogP contribution >= 0.6 is 0 Å². The summed E-state index contributed by atoms with van der Waals surface area (Å²) in [5.41, 5.74) is -4.39. The van der Waals surface area contributed by atoms with Gasteiger partial charge in [0.15, 0.2) is 11.6 Å². The summed E-state index contributed by atoms with van der Waals surface area (Å²) in [5.74, 6) is -4.67. The first-order chi connectivity index (χ1) is 11.6. The highest BCUT2D eigenvalue weighted by Crippen LogP contribution is 2.33. The standard InChI is InChI=1S/C14H15F5N2O4/c1-3-24-11(22)13(14(17,18)19,21-12(23)25-4-2)20-8-5-6-9(15)10(16)7-8/h5-7,20H,3-4H2,1-2H3,(H,21,23)/t13-/m1/s1. The third-order valence-electron chi connectivity index (χ3n) is 2.82. The summed E-state index contributed by atoms with van der Waals surface area (Å²) in [7, 11) is 0. The van der Waals surface area contributed by atoms with Gasteiger partial charge < -0.3 is 14.8 Å². The van der Waals surface area contributed by atoms with Crippen molar-refractivity contribution in [2.45, 2.75) is 25.7 Å². The number of carbonyl (C=O) groups excluding carboxylic acids is 2. The van der Waals surface area contributed by atoms with E-state index in [0.29, 0.717) is 12.1 Å². The zero-order valence-corrected chi connectivity index (χ0v) is 13.2. The summed E-state index contributed by atoms with van der Waals surface area (Å²) >= 11 is 0. The second kappa shape index (κ2) is 7.99. The average Bonchev–Trinajstić information content (AvgIpc) is 2.49. The molecule has 1 rings (SSSR count). The zero-order chi connectivity index (χ0) is 19.3. The van der Waals surface area contributed by atoms with Gasteiger partial charge in [-0.2, -0.15) is 13.2 Å². The number of hydrogen-bond donors (Lipinski definition) is 2. The molecular formula is C14H15F5N2O4. The molecule has 0 radical (unpaired) electrons. The Bertz CT molecular complexity index is 638. The van der Waals surface area contributed by atoms with Crippen molar-refractivity contribution in [3.05, 3.63) is 29.8 Å². The third-order valence-corrected chi connectivity index (χ3v) is 2.82. The number of esters is 1. The molecule has 0 fully saturated rings. The number of alkyl carbamates (subject to hydrolysis) is 1. The molecule has 1 atom stereocenters. The molecule has 0 aromatic heterocycles. The Morgan fingerprint density at radius 1 is 1.04 bits per heavy atom. The molecule has 2 N–H and O–H groups in total. The van der Waals surface area contributed by atoms with E-state index in [2.05, 4.69) is 9.47 Å². The molecule has 0 saturated heterocycles. The highest BCUT2D eigenvalue weighted by molar-refractivity contribution is 5.89. The molecule has 0 unspecified atom stereocenters. The number of ether oxygens (including phenoxy) is 2. The topological polar surface area (TPSA) is 76.7 Å². The fraction of sp³-hybridized carbons (Fsp3) is 0.429. The summed E-state index contributed by atoms with van der Waals surface area (Å²) in [6.45, 7) is 1.89. The van der Waals surface area contributed by atoms with Gasteiger partial charge in [-0.15, -0.1) is 0 Å². The lowest BCUT2D eigenvalue weighted by Gasteiger charge is -2.34. The Balaban J connectivity index is 3.37. The third kappa shape index (κ3) is 4.70. The quantitative estimate of drug-likeness (QED) is 0.457. The number of alkyl halides is 3. The summed E-state index contributed by atoms with van der Waals surface area (Å²) < 4.78 is 75.8. The Morgan fingerprint density at radius 2 is 1.64 bits per heavy atom. The van der Waals surface area contributed by atoms with E-state index in [4.69, 9.17) is 0 Å². The molecule has 0 aliphatic carbocycles. The molecule has 1 amide bonds. The van der Waals surface area contributed by atoms with Gasteiger partial charge in [-0.25, -0.2) is 18.4 Å². The Hall–Kier alpha value is -2.59. The molecule has 0 aliphatic heterocycles. The number of rotatable bonds is 6. The number of benzene rings is 1. The van der Waals surface area contributed by atoms with Crippen LogP contribution < -0.4 is 10.6 Å². The first kappa shape index (κ1) is 20.5. The van der Waals surface area contributed by atoms with Gasteiger partial charge in [-0.1, -0.05) is 0 Å². The van der Waals surface area contributed by atoms with Crippen molar-refractivity contribution >= 4 is 17.7 Å². The Kier molecular flexibility index (Phi) is 6.54. The number of halogens is 5. The highest BCUT2D eigenvalue weighted by Gasteiger charge is 2.64. The van der Waals surface area contributed by atoms with Crippen LogP contribution in [0.1, 0.15) is 13.8 Å². The van der Waals surface area contributed by atoms with Crippen molar-refractivity contribution in [1.82, 2.24) is 5.32 Å². The van der Waals surface area contributed by atoms with Crippen LogP contribution in [-0.2, 0) is 14.3 Å². The van der Waals surface area contributed by atoms with E-state index in [9.17, 15) is 31.5 Å². The first-order valence-corrected chi connectivity index (χ1v) is 6.99. The van der Waals surface area contributed by atoms with Crippen LogP contribution in [0.4, 0.5) is 32.4 Å². The van der Waals surface area contributed by atoms with Crippen LogP contribution in [0.2, 0.25) is 0 Å². The van der Waals surface area contributed by atoms with Gasteiger partial charge in [0, 0.05) is 11.8 Å².